The number of carbonyl (C=O) groups is 2. The number of esters is 2. The van der Waals surface area contributed by atoms with Crippen LogP contribution in [0.1, 0.15) is 124 Å². The van der Waals surface area contributed by atoms with Gasteiger partial charge in [0.15, 0.2) is 0 Å². The minimum atomic E-state index is -0.0598. The minimum absolute atomic E-state index is 0.0314. The fourth-order valence-corrected chi connectivity index (χ4v) is 4.31. The molecule has 0 spiro atoms. The molecule has 0 bridgehead atoms. The van der Waals surface area contributed by atoms with Crippen LogP contribution in [0.4, 0.5) is 0 Å². The Labute approximate surface area is 185 Å². The van der Waals surface area contributed by atoms with E-state index in [9.17, 15) is 9.59 Å². The van der Waals surface area contributed by atoms with Gasteiger partial charge in [-0.3, -0.25) is 9.59 Å². The Morgan fingerprint density at radius 1 is 0.700 bits per heavy atom. The maximum atomic E-state index is 12.4. The van der Waals surface area contributed by atoms with Crippen molar-refractivity contribution in [3.63, 3.8) is 0 Å². The lowest BCUT2D eigenvalue weighted by Crippen LogP contribution is -2.29. The molecule has 176 valence electrons. The molecule has 0 radical (unpaired) electrons. The van der Waals surface area contributed by atoms with Gasteiger partial charge in [0, 0.05) is 0 Å². The summed E-state index contributed by atoms with van der Waals surface area (Å²) in [6.07, 6.45) is 17.6. The first-order valence-corrected chi connectivity index (χ1v) is 13.0. The Morgan fingerprint density at radius 2 is 1.20 bits per heavy atom. The monoisotopic (exact) mass is 424 g/mol. The SMILES string of the molecule is CCCCCCCCCCOC(=O)C1CCC(C(=O)OCC(CC)CCCC)CC1. The molecule has 1 aliphatic rings. The molecule has 1 unspecified atom stereocenters. The molecule has 0 aromatic rings. The zero-order valence-electron chi connectivity index (χ0n) is 20.1. The van der Waals surface area contributed by atoms with Gasteiger partial charge in [-0.25, -0.2) is 0 Å². The third kappa shape index (κ3) is 12.0. The summed E-state index contributed by atoms with van der Waals surface area (Å²) in [7, 11) is 0. The van der Waals surface area contributed by atoms with E-state index in [4.69, 9.17) is 9.47 Å². The van der Waals surface area contributed by atoms with E-state index in [1.54, 1.807) is 0 Å². The molecular weight excluding hydrogens is 376 g/mol. The molecule has 0 N–H and O–H groups in total. The van der Waals surface area contributed by atoms with E-state index in [1.165, 1.54) is 51.4 Å². The predicted octanol–water partition coefficient (Wildman–Crippen LogP) is 7.24. The van der Waals surface area contributed by atoms with Gasteiger partial charge < -0.3 is 9.47 Å². The number of ether oxygens (including phenoxy) is 2. The second-order valence-corrected chi connectivity index (χ2v) is 9.24. The van der Waals surface area contributed by atoms with Gasteiger partial charge in [0.25, 0.3) is 0 Å². The third-order valence-electron chi connectivity index (χ3n) is 6.64. The molecule has 0 aromatic carbocycles. The van der Waals surface area contributed by atoms with Gasteiger partial charge in [0.2, 0.25) is 0 Å². The number of rotatable bonds is 17. The van der Waals surface area contributed by atoms with Crippen molar-refractivity contribution in [2.24, 2.45) is 17.8 Å². The lowest BCUT2D eigenvalue weighted by Gasteiger charge is -2.26. The highest BCUT2D eigenvalue weighted by atomic mass is 16.5. The Hall–Kier alpha value is -1.06. The van der Waals surface area contributed by atoms with E-state index in [1.807, 2.05) is 0 Å². The van der Waals surface area contributed by atoms with E-state index in [0.29, 0.717) is 19.1 Å². The molecule has 30 heavy (non-hydrogen) atoms. The van der Waals surface area contributed by atoms with Crippen LogP contribution in [0.25, 0.3) is 0 Å². The average Bonchev–Trinajstić information content (AvgIpc) is 2.78. The first-order valence-electron chi connectivity index (χ1n) is 13.0. The predicted molar refractivity (Wildman–Crippen MR) is 123 cm³/mol. The van der Waals surface area contributed by atoms with Crippen LogP contribution in [0.3, 0.4) is 0 Å². The largest absolute Gasteiger partial charge is 0.465 e. The number of unbranched alkanes of at least 4 members (excludes halogenated alkanes) is 8. The first-order chi connectivity index (χ1) is 14.6. The molecule has 0 aromatic heterocycles. The lowest BCUT2D eigenvalue weighted by atomic mass is 9.82. The van der Waals surface area contributed by atoms with Crippen LogP contribution in [0.2, 0.25) is 0 Å². The van der Waals surface area contributed by atoms with Gasteiger partial charge in [-0.15, -0.1) is 0 Å². The Balaban J connectivity index is 2.10. The fourth-order valence-electron chi connectivity index (χ4n) is 4.31. The third-order valence-corrected chi connectivity index (χ3v) is 6.64. The highest BCUT2D eigenvalue weighted by Gasteiger charge is 2.31. The van der Waals surface area contributed by atoms with Gasteiger partial charge >= 0.3 is 11.9 Å². The van der Waals surface area contributed by atoms with Crippen LogP contribution in [-0.4, -0.2) is 25.2 Å². The maximum Gasteiger partial charge on any atom is 0.308 e. The first kappa shape index (κ1) is 27.0. The van der Waals surface area contributed by atoms with Crippen LogP contribution >= 0.6 is 0 Å². The summed E-state index contributed by atoms with van der Waals surface area (Å²) >= 11 is 0. The summed E-state index contributed by atoms with van der Waals surface area (Å²) in [4.78, 5) is 24.7. The summed E-state index contributed by atoms with van der Waals surface area (Å²) in [6.45, 7) is 7.70. The standard InChI is InChI=1S/C26H48O4/c1-4-7-9-10-11-12-13-14-20-29-25(27)23-16-18-24(19-17-23)26(28)30-21-22(6-3)15-8-5-2/h22-24H,4-21H2,1-3H3. The van der Waals surface area contributed by atoms with E-state index in [0.717, 1.165) is 51.4 Å². The highest BCUT2D eigenvalue weighted by molar-refractivity contribution is 5.75. The second kappa shape index (κ2) is 17.6. The van der Waals surface area contributed by atoms with Crippen molar-refractivity contribution in [1.29, 1.82) is 0 Å². The molecule has 0 saturated heterocycles. The Morgan fingerprint density at radius 3 is 1.73 bits per heavy atom. The average molecular weight is 425 g/mol. The van der Waals surface area contributed by atoms with Crippen LogP contribution < -0.4 is 0 Å². The molecule has 0 heterocycles. The zero-order valence-corrected chi connectivity index (χ0v) is 20.1. The lowest BCUT2D eigenvalue weighted by molar-refractivity contribution is -0.156. The molecular formula is C26H48O4. The van der Waals surface area contributed by atoms with Gasteiger partial charge in [-0.2, -0.15) is 0 Å². The molecule has 1 rings (SSSR count). The Kier molecular flexibility index (Phi) is 15.8. The maximum absolute atomic E-state index is 12.4. The molecule has 1 aliphatic carbocycles. The van der Waals surface area contributed by atoms with Crippen LogP contribution in [0, 0.1) is 17.8 Å². The molecule has 1 fully saturated rings. The smallest absolute Gasteiger partial charge is 0.308 e. The van der Waals surface area contributed by atoms with Crippen LogP contribution in [0.5, 0.6) is 0 Å². The van der Waals surface area contributed by atoms with E-state index in [-0.39, 0.29) is 23.8 Å². The number of carbonyl (C=O) groups excluding carboxylic acids is 2. The second-order valence-electron chi connectivity index (χ2n) is 9.24. The van der Waals surface area contributed by atoms with E-state index < -0.39 is 0 Å². The Bertz CT molecular complexity index is 440. The van der Waals surface area contributed by atoms with Crippen molar-refractivity contribution in [2.45, 2.75) is 124 Å². The molecule has 4 heteroatoms. The van der Waals surface area contributed by atoms with Crippen LogP contribution in [0.15, 0.2) is 0 Å². The summed E-state index contributed by atoms with van der Waals surface area (Å²) in [6, 6.07) is 0. The normalized spacial score (nSPS) is 20.0. The highest BCUT2D eigenvalue weighted by Crippen LogP contribution is 2.31. The topological polar surface area (TPSA) is 52.6 Å². The summed E-state index contributed by atoms with van der Waals surface area (Å²) < 4.78 is 11.1. The molecule has 4 nitrogen and oxygen atoms in total. The van der Waals surface area contributed by atoms with Gasteiger partial charge in [-0.1, -0.05) is 85.0 Å². The summed E-state index contributed by atoms with van der Waals surface area (Å²) in [5, 5.41) is 0. The van der Waals surface area contributed by atoms with Gasteiger partial charge in [-0.05, 0) is 44.4 Å². The molecule has 0 aliphatic heterocycles. The van der Waals surface area contributed by atoms with Crippen molar-refractivity contribution in [3.05, 3.63) is 0 Å². The van der Waals surface area contributed by atoms with Crippen molar-refractivity contribution >= 4 is 11.9 Å². The molecule has 1 atom stereocenters. The zero-order chi connectivity index (χ0) is 22.0. The molecule has 0 amide bonds. The number of hydrogen-bond donors (Lipinski definition) is 0. The van der Waals surface area contributed by atoms with Crippen LogP contribution in [-0.2, 0) is 19.1 Å². The summed E-state index contributed by atoms with van der Waals surface area (Å²) in [5.41, 5.74) is 0. The van der Waals surface area contributed by atoms with Gasteiger partial charge in [0.1, 0.15) is 0 Å². The van der Waals surface area contributed by atoms with Crippen molar-refractivity contribution in [3.8, 4) is 0 Å². The summed E-state index contributed by atoms with van der Waals surface area (Å²) in [5.74, 6) is 0.295. The molecule has 1 saturated carbocycles. The minimum Gasteiger partial charge on any atom is -0.465 e. The van der Waals surface area contributed by atoms with E-state index >= 15 is 0 Å². The quantitative estimate of drug-likeness (QED) is 0.182. The van der Waals surface area contributed by atoms with E-state index in [2.05, 4.69) is 20.8 Å². The fraction of sp³-hybridized carbons (Fsp3) is 0.923. The van der Waals surface area contributed by atoms with Crippen molar-refractivity contribution < 1.29 is 19.1 Å². The van der Waals surface area contributed by atoms with Crippen molar-refractivity contribution in [1.82, 2.24) is 0 Å². The number of hydrogen-bond acceptors (Lipinski definition) is 4. The van der Waals surface area contributed by atoms with Crippen molar-refractivity contribution in [2.75, 3.05) is 13.2 Å². The van der Waals surface area contributed by atoms with Gasteiger partial charge in [0.05, 0.1) is 25.0 Å².